The van der Waals surface area contributed by atoms with Crippen LogP contribution in [0, 0.1) is 5.92 Å². The van der Waals surface area contributed by atoms with Gasteiger partial charge in [0.2, 0.25) is 17.2 Å². The lowest BCUT2D eigenvalue weighted by molar-refractivity contribution is 0.581. The zero-order chi connectivity index (χ0) is 13.8. The van der Waals surface area contributed by atoms with Crippen LogP contribution in [0.2, 0.25) is 5.28 Å². The Morgan fingerprint density at radius 2 is 1.89 bits per heavy atom. The molecule has 6 heteroatoms. The van der Waals surface area contributed by atoms with Gasteiger partial charge in [0.05, 0.1) is 0 Å². The van der Waals surface area contributed by atoms with E-state index in [2.05, 4.69) is 33.7 Å². The van der Waals surface area contributed by atoms with Crippen molar-refractivity contribution in [3.8, 4) is 0 Å². The second kappa shape index (κ2) is 6.37. The van der Waals surface area contributed by atoms with Crippen molar-refractivity contribution in [3.63, 3.8) is 0 Å². The van der Waals surface area contributed by atoms with Crippen LogP contribution in [0.5, 0.6) is 0 Å². The number of halogens is 1. The summed E-state index contributed by atoms with van der Waals surface area (Å²) in [5.41, 5.74) is 0. The van der Waals surface area contributed by atoms with Gasteiger partial charge in [-0.25, -0.2) is 0 Å². The molecular formula is C13H22ClN5. The van der Waals surface area contributed by atoms with Crippen LogP contribution < -0.4 is 9.80 Å². The van der Waals surface area contributed by atoms with Gasteiger partial charge in [-0.15, -0.1) is 0 Å². The average molecular weight is 284 g/mol. The van der Waals surface area contributed by atoms with Crippen LogP contribution in [-0.4, -0.2) is 41.6 Å². The first-order valence-electron chi connectivity index (χ1n) is 6.94. The van der Waals surface area contributed by atoms with Gasteiger partial charge >= 0.3 is 0 Å². The Bertz CT molecular complexity index is 417. The van der Waals surface area contributed by atoms with Crippen LogP contribution in [-0.2, 0) is 0 Å². The van der Waals surface area contributed by atoms with E-state index in [1.165, 1.54) is 12.8 Å². The molecule has 0 spiro atoms. The summed E-state index contributed by atoms with van der Waals surface area (Å²) in [5, 5.41) is 0.281. The molecule has 1 aliphatic heterocycles. The molecule has 1 aromatic heterocycles. The largest absolute Gasteiger partial charge is 0.344 e. The van der Waals surface area contributed by atoms with Crippen molar-refractivity contribution < 1.29 is 0 Å². The van der Waals surface area contributed by atoms with Gasteiger partial charge in [0.15, 0.2) is 0 Å². The lowest BCUT2D eigenvalue weighted by Crippen LogP contribution is -2.26. The maximum atomic E-state index is 6.02. The second-order valence-electron chi connectivity index (χ2n) is 5.50. The zero-order valence-electron chi connectivity index (χ0n) is 11.9. The molecule has 5 nitrogen and oxygen atoms in total. The number of rotatable bonds is 5. The van der Waals surface area contributed by atoms with E-state index >= 15 is 0 Å². The van der Waals surface area contributed by atoms with Gasteiger partial charge in [-0.2, -0.15) is 15.0 Å². The molecule has 0 radical (unpaired) electrons. The molecule has 0 bridgehead atoms. The zero-order valence-corrected chi connectivity index (χ0v) is 12.7. The number of hydrogen-bond acceptors (Lipinski definition) is 5. The Morgan fingerprint density at radius 3 is 2.53 bits per heavy atom. The molecule has 0 N–H and O–H groups in total. The quantitative estimate of drug-likeness (QED) is 0.831. The molecular weight excluding hydrogens is 262 g/mol. The Kier molecular flexibility index (Phi) is 4.80. The summed E-state index contributed by atoms with van der Waals surface area (Å²) in [6.07, 6.45) is 3.50. The van der Waals surface area contributed by atoms with E-state index < -0.39 is 0 Å². The predicted molar refractivity (Wildman–Crippen MR) is 79.0 cm³/mol. The molecule has 1 saturated heterocycles. The van der Waals surface area contributed by atoms with Crippen molar-refractivity contribution in [1.82, 2.24) is 15.0 Å². The van der Waals surface area contributed by atoms with Crippen LogP contribution in [0.1, 0.15) is 33.1 Å². The number of nitrogens with zero attached hydrogens (tertiary/aromatic N) is 5. The van der Waals surface area contributed by atoms with Gasteiger partial charge < -0.3 is 9.80 Å². The minimum Gasteiger partial charge on any atom is -0.344 e. The Hall–Kier alpha value is -1.10. The van der Waals surface area contributed by atoms with E-state index in [0.717, 1.165) is 26.1 Å². The molecule has 1 aliphatic rings. The normalized spacial score (nSPS) is 15.3. The van der Waals surface area contributed by atoms with Crippen molar-refractivity contribution in [2.75, 3.05) is 36.5 Å². The van der Waals surface area contributed by atoms with Crippen molar-refractivity contribution in [1.29, 1.82) is 0 Å². The summed E-state index contributed by atoms with van der Waals surface area (Å²) in [4.78, 5) is 17.2. The molecule has 19 heavy (non-hydrogen) atoms. The molecule has 1 aromatic rings. The highest BCUT2D eigenvalue weighted by Gasteiger charge is 2.18. The van der Waals surface area contributed by atoms with E-state index in [0.29, 0.717) is 17.8 Å². The number of anilines is 2. The van der Waals surface area contributed by atoms with Crippen LogP contribution in [0.4, 0.5) is 11.9 Å². The summed E-state index contributed by atoms with van der Waals surface area (Å²) in [7, 11) is 2.00. The molecule has 0 saturated carbocycles. The Labute approximate surface area is 120 Å². The van der Waals surface area contributed by atoms with Crippen molar-refractivity contribution in [2.45, 2.75) is 33.1 Å². The standard InChI is InChI=1S/C13H22ClN5/c1-10(2)6-9-18(3)12-15-11(14)16-13(17-12)19-7-4-5-8-19/h10H,4-9H2,1-3H3. The van der Waals surface area contributed by atoms with Crippen LogP contribution in [0.25, 0.3) is 0 Å². The van der Waals surface area contributed by atoms with E-state index in [-0.39, 0.29) is 5.28 Å². The van der Waals surface area contributed by atoms with Crippen LogP contribution in [0.15, 0.2) is 0 Å². The fourth-order valence-corrected chi connectivity index (χ4v) is 2.26. The predicted octanol–water partition coefficient (Wildman–Crippen LogP) is 2.61. The summed E-state index contributed by atoms with van der Waals surface area (Å²) < 4.78 is 0. The molecule has 106 valence electrons. The highest BCUT2D eigenvalue weighted by atomic mass is 35.5. The van der Waals surface area contributed by atoms with Gasteiger partial charge in [-0.05, 0) is 36.8 Å². The first kappa shape index (κ1) is 14.3. The fraction of sp³-hybridized carbons (Fsp3) is 0.769. The molecule has 0 aliphatic carbocycles. The van der Waals surface area contributed by atoms with Gasteiger partial charge in [-0.3, -0.25) is 0 Å². The third-order valence-corrected chi connectivity index (χ3v) is 3.53. The highest BCUT2D eigenvalue weighted by molar-refractivity contribution is 6.28. The van der Waals surface area contributed by atoms with Crippen molar-refractivity contribution in [3.05, 3.63) is 5.28 Å². The molecule has 0 aromatic carbocycles. The smallest absolute Gasteiger partial charge is 0.231 e. The minimum atomic E-state index is 0.281. The summed E-state index contributed by atoms with van der Waals surface area (Å²) in [6, 6.07) is 0. The van der Waals surface area contributed by atoms with Crippen molar-refractivity contribution in [2.24, 2.45) is 5.92 Å². The van der Waals surface area contributed by atoms with E-state index in [4.69, 9.17) is 11.6 Å². The van der Waals surface area contributed by atoms with Gasteiger partial charge in [-0.1, -0.05) is 13.8 Å². The molecule has 0 atom stereocenters. The minimum absolute atomic E-state index is 0.281. The first-order valence-corrected chi connectivity index (χ1v) is 7.31. The first-order chi connectivity index (χ1) is 9.06. The van der Waals surface area contributed by atoms with Gasteiger partial charge in [0.1, 0.15) is 0 Å². The molecule has 0 amide bonds. The molecule has 0 unspecified atom stereocenters. The molecule has 2 rings (SSSR count). The van der Waals surface area contributed by atoms with Gasteiger partial charge in [0.25, 0.3) is 0 Å². The van der Waals surface area contributed by atoms with E-state index in [9.17, 15) is 0 Å². The lowest BCUT2D eigenvalue weighted by atomic mass is 10.1. The average Bonchev–Trinajstić information content (AvgIpc) is 2.89. The topological polar surface area (TPSA) is 45.2 Å². The highest BCUT2D eigenvalue weighted by Crippen LogP contribution is 2.20. The summed E-state index contributed by atoms with van der Waals surface area (Å²) in [5.74, 6) is 2.05. The fourth-order valence-electron chi connectivity index (χ4n) is 2.11. The SMILES string of the molecule is CC(C)CCN(C)c1nc(Cl)nc(N2CCCC2)n1. The third-order valence-electron chi connectivity index (χ3n) is 3.36. The number of hydrogen-bond donors (Lipinski definition) is 0. The van der Waals surface area contributed by atoms with E-state index in [1.54, 1.807) is 0 Å². The molecule has 2 heterocycles. The van der Waals surface area contributed by atoms with Crippen LogP contribution in [0.3, 0.4) is 0 Å². The Balaban J connectivity index is 2.11. The maximum Gasteiger partial charge on any atom is 0.231 e. The third kappa shape index (κ3) is 3.93. The lowest BCUT2D eigenvalue weighted by Gasteiger charge is -2.21. The second-order valence-corrected chi connectivity index (χ2v) is 5.84. The van der Waals surface area contributed by atoms with E-state index in [1.807, 2.05) is 11.9 Å². The maximum absolute atomic E-state index is 6.02. The monoisotopic (exact) mass is 283 g/mol. The molecule has 1 fully saturated rings. The van der Waals surface area contributed by atoms with Crippen LogP contribution >= 0.6 is 11.6 Å². The van der Waals surface area contributed by atoms with Crippen molar-refractivity contribution >= 4 is 23.5 Å². The summed E-state index contributed by atoms with van der Waals surface area (Å²) in [6.45, 7) is 7.37. The number of aromatic nitrogens is 3. The Morgan fingerprint density at radius 1 is 1.21 bits per heavy atom. The van der Waals surface area contributed by atoms with Gasteiger partial charge in [0, 0.05) is 26.7 Å². The summed E-state index contributed by atoms with van der Waals surface area (Å²) >= 11 is 6.02.